The quantitative estimate of drug-likeness (QED) is 0.223. The van der Waals surface area contributed by atoms with Crippen LogP contribution in [0.1, 0.15) is 39.2 Å². The Labute approximate surface area is 261 Å². The highest BCUT2D eigenvalue weighted by Gasteiger charge is 2.34. The molecule has 220 valence electrons. The molecule has 0 fully saturated rings. The van der Waals surface area contributed by atoms with E-state index in [4.69, 9.17) is 46.4 Å². The fourth-order valence-corrected chi connectivity index (χ4v) is 6.34. The van der Waals surface area contributed by atoms with Gasteiger partial charge in [-0.25, -0.2) is 8.42 Å². The zero-order chi connectivity index (χ0) is 30.3. The van der Waals surface area contributed by atoms with Crippen LogP contribution < -0.4 is 9.62 Å². The molecule has 7 nitrogen and oxygen atoms in total. The second-order valence-electron chi connectivity index (χ2n) is 9.39. The van der Waals surface area contributed by atoms with E-state index in [1.807, 2.05) is 13.8 Å². The van der Waals surface area contributed by atoms with E-state index in [1.165, 1.54) is 35.2 Å². The molecule has 0 heterocycles. The van der Waals surface area contributed by atoms with Gasteiger partial charge in [0.05, 0.1) is 20.6 Å². The van der Waals surface area contributed by atoms with Gasteiger partial charge >= 0.3 is 0 Å². The van der Waals surface area contributed by atoms with Crippen LogP contribution in [-0.4, -0.2) is 43.8 Å². The van der Waals surface area contributed by atoms with Crippen molar-refractivity contribution < 1.29 is 18.0 Å². The van der Waals surface area contributed by atoms with Gasteiger partial charge in [-0.3, -0.25) is 13.9 Å². The normalized spacial score (nSPS) is 12.9. The van der Waals surface area contributed by atoms with Crippen molar-refractivity contribution in [1.82, 2.24) is 10.2 Å². The minimum absolute atomic E-state index is 0.0267. The van der Waals surface area contributed by atoms with Crippen LogP contribution in [0.3, 0.4) is 0 Å². The minimum atomic E-state index is -4.25. The van der Waals surface area contributed by atoms with Gasteiger partial charge in [-0.2, -0.15) is 0 Å². The minimum Gasteiger partial charge on any atom is -0.352 e. The first kappa shape index (κ1) is 33.0. The number of carbonyl (C=O) groups is 2. The number of nitrogens with one attached hydrogen (secondary N) is 1. The number of hydrogen-bond acceptors (Lipinski definition) is 4. The summed E-state index contributed by atoms with van der Waals surface area (Å²) < 4.78 is 28.7. The molecule has 0 aromatic heterocycles. The number of anilines is 1. The van der Waals surface area contributed by atoms with Crippen LogP contribution in [0.4, 0.5) is 5.69 Å². The number of halogens is 4. The molecule has 0 aliphatic heterocycles. The lowest BCUT2D eigenvalue weighted by atomic mass is 10.1. The fourth-order valence-electron chi connectivity index (χ4n) is 4.10. The van der Waals surface area contributed by atoms with Crippen molar-refractivity contribution in [3.05, 3.63) is 92.4 Å². The Bertz CT molecular complexity index is 1470. The van der Waals surface area contributed by atoms with E-state index in [9.17, 15) is 18.0 Å². The summed E-state index contributed by atoms with van der Waals surface area (Å²) in [6.07, 6.45) is 0.946. The Hall–Kier alpha value is -2.49. The second kappa shape index (κ2) is 14.6. The molecule has 3 rings (SSSR count). The molecular formula is C29H31Cl4N3O4S. The summed E-state index contributed by atoms with van der Waals surface area (Å²) in [6.45, 7) is 4.81. The molecule has 2 unspecified atom stereocenters. The van der Waals surface area contributed by atoms with E-state index in [1.54, 1.807) is 43.3 Å². The Kier molecular flexibility index (Phi) is 11.8. The van der Waals surface area contributed by atoms with Gasteiger partial charge in [0, 0.05) is 28.2 Å². The van der Waals surface area contributed by atoms with Crippen molar-refractivity contribution >= 4 is 73.9 Å². The molecule has 1 N–H and O–H groups in total. The Morgan fingerprint density at radius 1 is 0.829 bits per heavy atom. The number of carbonyl (C=O) groups excluding carboxylic acids is 2. The van der Waals surface area contributed by atoms with Crippen LogP contribution in [0.2, 0.25) is 20.1 Å². The third kappa shape index (κ3) is 8.08. The number of benzene rings is 3. The lowest BCUT2D eigenvalue weighted by Crippen LogP contribution is -2.53. The van der Waals surface area contributed by atoms with Gasteiger partial charge in [0.15, 0.2) is 0 Å². The summed E-state index contributed by atoms with van der Waals surface area (Å²) in [7, 11) is -4.25. The van der Waals surface area contributed by atoms with Crippen molar-refractivity contribution in [1.29, 1.82) is 0 Å². The van der Waals surface area contributed by atoms with Crippen LogP contribution in [0.5, 0.6) is 0 Å². The fraction of sp³-hybridized carbons (Fsp3) is 0.310. The molecule has 41 heavy (non-hydrogen) atoms. The van der Waals surface area contributed by atoms with Gasteiger partial charge in [-0.1, -0.05) is 84.5 Å². The summed E-state index contributed by atoms with van der Waals surface area (Å²) in [4.78, 5) is 28.8. The van der Waals surface area contributed by atoms with Crippen LogP contribution in [-0.2, 0) is 26.2 Å². The number of amides is 2. The van der Waals surface area contributed by atoms with Crippen LogP contribution in [0.25, 0.3) is 0 Å². The smallest absolute Gasteiger partial charge is 0.264 e. The monoisotopic (exact) mass is 657 g/mol. The molecule has 0 bridgehead atoms. The molecule has 0 radical (unpaired) electrons. The highest BCUT2D eigenvalue weighted by molar-refractivity contribution is 7.92. The first-order chi connectivity index (χ1) is 19.4. The highest BCUT2D eigenvalue weighted by Crippen LogP contribution is 2.32. The summed E-state index contributed by atoms with van der Waals surface area (Å²) in [5, 5.41) is 3.88. The summed E-state index contributed by atoms with van der Waals surface area (Å²) in [5.74, 6) is -1.01. The topological polar surface area (TPSA) is 86.8 Å². The maximum absolute atomic E-state index is 14.1. The van der Waals surface area contributed by atoms with Gasteiger partial charge in [-0.05, 0) is 62.2 Å². The summed E-state index contributed by atoms with van der Waals surface area (Å²) in [5.41, 5.74) is 0.565. The number of nitrogens with zero attached hydrogens (tertiary/aromatic N) is 2. The maximum Gasteiger partial charge on any atom is 0.264 e. The molecule has 3 aromatic carbocycles. The molecule has 0 saturated carbocycles. The first-order valence-corrected chi connectivity index (χ1v) is 15.9. The molecular weight excluding hydrogens is 628 g/mol. The maximum atomic E-state index is 14.1. The van der Waals surface area contributed by atoms with E-state index in [0.717, 1.165) is 4.31 Å². The van der Waals surface area contributed by atoms with Crippen molar-refractivity contribution in [3.63, 3.8) is 0 Å². The van der Waals surface area contributed by atoms with E-state index in [2.05, 4.69) is 5.32 Å². The molecule has 0 saturated heterocycles. The zero-order valence-electron chi connectivity index (χ0n) is 22.8. The van der Waals surface area contributed by atoms with Gasteiger partial charge in [0.25, 0.3) is 10.0 Å². The van der Waals surface area contributed by atoms with Crippen LogP contribution in [0, 0.1) is 0 Å². The molecule has 2 amide bonds. The number of rotatable bonds is 12. The summed E-state index contributed by atoms with van der Waals surface area (Å²) in [6, 6.07) is 15.9. The molecule has 0 aliphatic rings. The van der Waals surface area contributed by atoms with E-state index in [-0.39, 0.29) is 45.5 Å². The lowest BCUT2D eigenvalue weighted by molar-refractivity contribution is -0.140. The average Bonchev–Trinajstić information content (AvgIpc) is 2.94. The predicted molar refractivity (Wildman–Crippen MR) is 166 cm³/mol. The first-order valence-electron chi connectivity index (χ1n) is 13.0. The van der Waals surface area contributed by atoms with Gasteiger partial charge in [-0.15, -0.1) is 0 Å². The molecule has 0 aliphatic carbocycles. The average molecular weight is 659 g/mol. The molecule has 12 heteroatoms. The van der Waals surface area contributed by atoms with Gasteiger partial charge in [0.1, 0.15) is 12.6 Å². The van der Waals surface area contributed by atoms with Crippen molar-refractivity contribution in [2.45, 2.75) is 57.1 Å². The number of hydrogen-bond donors (Lipinski definition) is 1. The third-order valence-corrected chi connectivity index (χ3v) is 9.81. The van der Waals surface area contributed by atoms with Crippen LogP contribution >= 0.6 is 46.4 Å². The van der Waals surface area contributed by atoms with E-state index in [0.29, 0.717) is 22.0 Å². The summed E-state index contributed by atoms with van der Waals surface area (Å²) >= 11 is 25.2. The Morgan fingerprint density at radius 2 is 1.46 bits per heavy atom. The molecule has 3 aromatic rings. The zero-order valence-corrected chi connectivity index (χ0v) is 26.6. The number of sulfonamides is 1. The standard InChI is InChI=1S/C29H31Cl4N3O4S/c1-4-19(3)34-29(38)27(5-2)35(17-22-23(30)12-9-13-24(22)31)28(37)18-36(20-14-15-25(32)26(33)16-20)41(39,40)21-10-7-6-8-11-21/h6-16,19,27H,4-5,17-18H2,1-3H3,(H,34,38). The highest BCUT2D eigenvalue weighted by atomic mass is 35.5. The lowest BCUT2D eigenvalue weighted by Gasteiger charge is -2.34. The molecule has 0 spiro atoms. The van der Waals surface area contributed by atoms with Crippen LogP contribution in [0.15, 0.2) is 71.6 Å². The van der Waals surface area contributed by atoms with Crippen molar-refractivity contribution in [3.8, 4) is 0 Å². The van der Waals surface area contributed by atoms with Crippen molar-refractivity contribution in [2.75, 3.05) is 10.8 Å². The SMILES string of the molecule is CCC(C)NC(=O)C(CC)N(Cc1c(Cl)cccc1Cl)C(=O)CN(c1ccc(Cl)c(Cl)c1)S(=O)(=O)c1ccccc1. The van der Waals surface area contributed by atoms with Gasteiger partial charge in [0.2, 0.25) is 11.8 Å². The molecule has 2 atom stereocenters. The second-order valence-corrected chi connectivity index (χ2v) is 12.9. The Balaban J connectivity index is 2.11. The van der Waals surface area contributed by atoms with E-state index < -0.39 is 28.5 Å². The van der Waals surface area contributed by atoms with Crippen molar-refractivity contribution in [2.24, 2.45) is 0 Å². The van der Waals surface area contributed by atoms with E-state index >= 15 is 0 Å². The van der Waals surface area contributed by atoms with Gasteiger partial charge < -0.3 is 10.2 Å². The Morgan fingerprint density at radius 3 is 2.02 bits per heavy atom. The largest absolute Gasteiger partial charge is 0.352 e. The third-order valence-electron chi connectivity index (χ3n) is 6.58. The predicted octanol–water partition coefficient (Wildman–Crippen LogP) is 7.22.